The zero-order valence-corrected chi connectivity index (χ0v) is 21.7. The van der Waals surface area contributed by atoms with Gasteiger partial charge >= 0.3 is 6.03 Å². The number of nitrogens with two attached hydrogens (primary N) is 1. The molecular formula is C27H38FN5O3. The number of hydrogen-bond donors (Lipinski definition) is 2. The third-order valence-corrected chi connectivity index (χ3v) is 6.97. The van der Waals surface area contributed by atoms with E-state index in [9.17, 15) is 14.0 Å². The van der Waals surface area contributed by atoms with Crippen molar-refractivity contribution in [1.82, 2.24) is 14.8 Å². The smallest absolute Gasteiger partial charge is 0.322 e. The molecule has 3 rings (SSSR count). The van der Waals surface area contributed by atoms with Crippen LogP contribution in [0.5, 0.6) is 0 Å². The molecule has 1 aromatic carbocycles. The normalized spacial score (nSPS) is 15.5. The predicted molar refractivity (Wildman–Crippen MR) is 139 cm³/mol. The van der Waals surface area contributed by atoms with Gasteiger partial charge in [0.25, 0.3) is 5.91 Å². The number of anilines is 1. The molecule has 196 valence electrons. The summed E-state index contributed by atoms with van der Waals surface area (Å²) >= 11 is 0. The molecule has 1 aromatic heterocycles. The number of primary amides is 1. The number of amides is 3. The molecule has 0 bridgehead atoms. The summed E-state index contributed by atoms with van der Waals surface area (Å²) in [7, 11) is 1.62. The molecule has 2 heterocycles. The lowest BCUT2D eigenvalue weighted by Gasteiger charge is -2.40. The van der Waals surface area contributed by atoms with Crippen LogP contribution >= 0.6 is 0 Å². The topological polar surface area (TPSA) is 101 Å². The van der Waals surface area contributed by atoms with Crippen molar-refractivity contribution in [2.24, 2.45) is 5.73 Å². The van der Waals surface area contributed by atoms with Gasteiger partial charge in [0, 0.05) is 50.2 Å². The number of pyridine rings is 1. The zero-order valence-electron chi connectivity index (χ0n) is 21.7. The molecule has 1 aliphatic rings. The van der Waals surface area contributed by atoms with Gasteiger partial charge in [-0.05, 0) is 82.3 Å². The minimum absolute atomic E-state index is 0.109. The Hall–Kier alpha value is -3.04. The number of halogens is 1. The highest BCUT2D eigenvalue weighted by Crippen LogP contribution is 2.22. The van der Waals surface area contributed by atoms with Gasteiger partial charge in [0.05, 0.1) is 17.9 Å². The average Bonchev–Trinajstić information content (AvgIpc) is 2.84. The summed E-state index contributed by atoms with van der Waals surface area (Å²) in [5.41, 5.74) is 9.07. The standard InChI is InChI=1S/C27H38FN5O3/c1-18-17-23(30-20(3)25(18)26(29)34)8-5-19(2)32-13-11-24(12-14-32)33(15-16-36-4)27(35)31-22-9-6-21(28)7-10-22/h6-7,9-10,17,19,24H,5,8,11-16H2,1-4H3,(H2,29,34)(H,31,35)/t19-/m1/s1. The van der Waals surface area contributed by atoms with Crippen molar-refractivity contribution in [3.8, 4) is 0 Å². The molecule has 3 N–H and O–H groups in total. The highest BCUT2D eigenvalue weighted by molar-refractivity contribution is 5.95. The average molecular weight is 500 g/mol. The van der Waals surface area contributed by atoms with Crippen LogP contribution in [0.25, 0.3) is 0 Å². The molecule has 1 atom stereocenters. The lowest BCUT2D eigenvalue weighted by molar-refractivity contribution is 0.0852. The minimum Gasteiger partial charge on any atom is -0.383 e. The Morgan fingerprint density at radius 1 is 1.25 bits per heavy atom. The highest BCUT2D eigenvalue weighted by Gasteiger charge is 2.29. The first-order chi connectivity index (χ1) is 17.2. The van der Waals surface area contributed by atoms with E-state index < -0.39 is 5.91 Å². The van der Waals surface area contributed by atoms with Crippen LogP contribution in [0.4, 0.5) is 14.9 Å². The van der Waals surface area contributed by atoms with Crippen LogP contribution in [0.2, 0.25) is 0 Å². The van der Waals surface area contributed by atoms with Crippen molar-refractivity contribution >= 4 is 17.6 Å². The van der Waals surface area contributed by atoms with Crippen molar-refractivity contribution in [3.05, 3.63) is 58.7 Å². The molecule has 0 spiro atoms. The summed E-state index contributed by atoms with van der Waals surface area (Å²) in [6.07, 6.45) is 3.51. The van der Waals surface area contributed by atoms with Crippen LogP contribution in [-0.4, -0.2) is 72.2 Å². The number of carbonyl (C=O) groups excluding carboxylic acids is 2. The fourth-order valence-corrected chi connectivity index (χ4v) is 4.96. The van der Waals surface area contributed by atoms with E-state index in [-0.39, 0.29) is 17.9 Å². The van der Waals surface area contributed by atoms with Crippen LogP contribution in [0.3, 0.4) is 0 Å². The van der Waals surface area contributed by atoms with Crippen molar-refractivity contribution in [2.45, 2.75) is 58.5 Å². The maximum absolute atomic E-state index is 13.2. The molecule has 36 heavy (non-hydrogen) atoms. The molecular weight excluding hydrogens is 461 g/mol. The van der Waals surface area contributed by atoms with Gasteiger partial charge < -0.3 is 25.6 Å². The van der Waals surface area contributed by atoms with E-state index >= 15 is 0 Å². The number of hydrogen-bond acceptors (Lipinski definition) is 5. The zero-order chi connectivity index (χ0) is 26.2. The van der Waals surface area contributed by atoms with Crippen LogP contribution < -0.4 is 11.1 Å². The van der Waals surface area contributed by atoms with E-state index in [1.54, 1.807) is 19.2 Å². The third kappa shape index (κ3) is 7.24. The Balaban J connectivity index is 1.54. The Labute approximate surface area is 213 Å². The first-order valence-corrected chi connectivity index (χ1v) is 12.5. The van der Waals surface area contributed by atoms with Crippen molar-refractivity contribution in [2.75, 3.05) is 38.7 Å². The molecule has 1 aliphatic heterocycles. The molecule has 3 amide bonds. The summed E-state index contributed by atoms with van der Waals surface area (Å²) in [6, 6.07) is 8.03. The van der Waals surface area contributed by atoms with Gasteiger partial charge in [0.2, 0.25) is 0 Å². The maximum atomic E-state index is 13.2. The molecule has 1 saturated heterocycles. The first kappa shape index (κ1) is 27.5. The van der Waals surface area contributed by atoms with E-state index in [1.807, 2.05) is 24.8 Å². The molecule has 0 saturated carbocycles. The maximum Gasteiger partial charge on any atom is 0.322 e. The molecule has 0 unspecified atom stereocenters. The number of aryl methyl sites for hydroxylation is 3. The number of aromatic nitrogens is 1. The summed E-state index contributed by atoms with van der Waals surface area (Å²) < 4.78 is 18.4. The Kier molecular flexibility index (Phi) is 9.78. The van der Waals surface area contributed by atoms with Gasteiger partial charge in [0.15, 0.2) is 0 Å². The predicted octanol–water partition coefficient (Wildman–Crippen LogP) is 3.90. The Morgan fingerprint density at radius 2 is 1.92 bits per heavy atom. The number of rotatable bonds is 10. The minimum atomic E-state index is -0.439. The number of nitrogens with one attached hydrogen (secondary N) is 1. The number of ether oxygens (including phenoxy) is 1. The quantitative estimate of drug-likeness (QED) is 0.516. The van der Waals surface area contributed by atoms with Crippen molar-refractivity contribution < 1.29 is 18.7 Å². The van der Waals surface area contributed by atoms with E-state index in [0.29, 0.717) is 36.1 Å². The van der Waals surface area contributed by atoms with Gasteiger partial charge in [-0.15, -0.1) is 0 Å². The summed E-state index contributed by atoms with van der Waals surface area (Å²) in [6.45, 7) is 8.68. The Morgan fingerprint density at radius 3 is 2.50 bits per heavy atom. The fourth-order valence-electron chi connectivity index (χ4n) is 4.96. The van der Waals surface area contributed by atoms with Gasteiger partial charge in [0.1, 0.15) is 5.82 Å². The molecule has 0 aliphatic carbocycles. The number of piperidine rings is 1. The largest absolute Gasteiger partial charge is 0.383 e. The molecule has 2 aromatic rings. The molecule has 1 fully saturated rings. The van der Waals surface area contributed by atoms with Crippen LogP contribution in [0, 0.1) is 19.7 Å². The van der Waals surface area contributed by atoms with Crippen molar-refractivity contribution in [3.63, 3.8) is 0 Å². The lowest BCUT2D eigenvalue weighted by atomic mass is 9.99. The van der Waals surface area contributed by atoms with Gasteiger partial charge in [-0.3, -0.25) is 9.78 Å². The van der Waals surface area contributed by atoms with E-state index in [0.717, 1.165) is 50.0 Å². The van der Waals surface area contributed by atoms with Gasteiger partial charge in [-0.25, -0.2) is 9.18 Å². The molecule has 0 radical (unpaired) electrons. The monoisotopic (exact) mass is 499 g/mol. The molecule has 8 nitrogen and oxygen atoms in total. The Bertz CT molecular complexity index is 1020. The third-order valence-electron chi connectivity index (χ3n) is 6.97. The number of benzene rings is 1. The molecule has 9 heteroatoms. The van der Waals surface area contributed by atoms with E-state index in [4.69, 9.17) is 10.5 Å². The highest BCUT2D eigenvalue weighted by atomic mass is 19.1. The lowest BCUT2D eigenvalue weighted by Crippen LogP contribution is -2.51. The number of urea groups is 1. The van der Waals surface area contributed by atoms with Crippen LogP contribution in [-0.2, 0) is 11.2 Å². The van der Waals surface area contributed by atoms with E-state index in [1.165, 1.54) is 12.1 Å². The summed E-state index contributed by atoms with van der Waals surface area (Å²) in [4.78, 5) is 33.5. The number of likely N-dealkylation sites (tertiary alicyclic amines) is 1. The van der Waals surface area contributed by atoms with Crippen molar-refractivity contribution in [1.29, 1.82) is 0 Å². The first-order valence-electron chi connectivity index (χ1n) is 12.5. The number of nitrogens with zero attached hydrogens (tertiary/aromatic N) is 3. The second kappa shape index (κ2) is 12.8. The second-order valence-electron chi connectivity index (χ2n) is 9.53. The summed E-state index contributed by atoms with van der Waals surface area (Å²) in [5.74, 6) is -0.777. The number of carbonyl (C=O) groups is 2. The second-order valence-corrected chi connectivity index (χ2v) is 9.53. The number of methoxy groups -OCH3 is 1. The van der Waals surface area contributed by atoms with Gasteiger partial charge in [-0.2, -0.15) is 0 Å². The van der Waals surface area contributed by atoms with Crippen LogP contribution in [0.15, 0.2) is 30.3 Å². The van der Waals surface area contributed by atoms with Crippen LogP contribution in [0.1, 0.15) is 53.5 Å². The fraction of sp³-hybridized carbons (Fsp3) is 0.519. The summed E-state index contributed by atoms with van der Waals surface area (Å²) in [5, 5.41) is 2.88. The van der Waals surface area contributed by atoms with E-state index in [2.05, 4.69) is 22.1 Å². The van der Waals surface area contributed by atoms with Gasteiger partial charge in [-0.1, -0.05) is 0 Å². The SMILES string of the molecule is COCCN(C(=O)Nc1ccc(F)cc1)C1CCN([C@H](C)CCc2cc(C)c(C(N)=O)c(C)n2)CC1.